The highest BCUT2D eigenvalue weighted by atomic mass is 19.4. The van der Waals surface area contributed by atoms with Crippen LogP contribution in [0.25, 0.3) is 0 Å². The van der Waals surface area contributed by atoms with Crippen LogP contribution in [0.5, 0.6) is 0 Å². The van der Waals surface area contributed by atoms with E-state index >= 15 is 0 Å². The molecule has 0 radical (unpaired) electrons. The van der Waals surface area contributed by atoms with Crippen LogP contribution in [0.4, 0.5) is 23.4 Å². The standard InChI is InChI=1S/C23H22F4N4O/c1-4-5-15-8-9-31(22(32)14(3)17-7-6-16(24)11-18(15)17)30-21-19(12-28)20(23(25,26)27)10-13(2)29-21/h4,6-7,10-11,14-15H,1,5,8-9H2,2-3H3,(H,29,30)/t14-,15-/m0/s1. The Morgan fingerprint density at radius 1 is 1.34 bits per heavy atom. The Kier molecular flexibility index (Phi) is 6.53. The van der Waals surface area contributed by atoms with Gasteiger partial charge in [0.15, 0.2) is 5.82 Å². The largest absolute Gasteiger partial charge is 0.417 e. The highest BCUT2D eigenvalue weighted by Gasteiger charge is 2.37. The van der Waals surface area contributed by atoms with Crippen molar-refractivity contribution in [3.05, 3.63) is 70.7 Å². The minimum atomic E-state index is -4.75. The first-order chi connectivity index (χ1) is 15.1. The van der Waals surface area contributed by atoms with Gasteiger partial charge in [-0.15, -0.1) is 6.58 Å². The summed E-state index contributed by atoms with van der Waals surface area (Å²) < 4.78 is 54.2. The molecule has 1 aromatic heterocycles. The first kappa shape index (κ1) is 23.3. The lowest BCUT2D eigenvalue weighted by atomic mass is 9.82. The summed E-state index contributed by atoms with van der Waals surface area (Å²) in [5.74, 6) is -1.99. The molecule has 5 nitrogen and oxygen atoms in total. The second-order valence-corrected chi connectivity index (χ2v) is 7.75. The SMILES string of the molecule is C=CC[C@H]1CCN(Nc2nc(C)cc(C(F)(F)F)c2C#N)C(=O)[C@@H](C)c2ccc(F)cc21. The molecule has 2 aromatic rings. The molecule has 1 amide bonds. The normalized spacial score (nSPS) is 18.9. The molecule has 32 heavy (non-hydrogen) atoms. The van der Waals surface area contributed by atoms with Crippen LogP contribution in [0, 0.1) is 24.1 Å². The summed E-state index contributed by atoms with van der Waals surface area (Å²) in [5, 5.41) is 10.6. The molecule has 168 valence electrons. The number of nitrogens with one attached hydrogen (secondary N) is 1. The van der Waals surface area contributed by atoms with Gasteiger partial charge in [-0.25, -0.2) is 9.37 Å². The average molecular weight is 446 g/mol. The second kappa shape index (κ2) is 8.99. The number of anilines is 1. The van der Waals surface area contributed by atoms with Crippen molar-refractivity contribution in [3.8, 4) is 6.07 Å². The van der Waals surface area contributed by atoms with Crippen LogP contribution in [-0.2, 0) is 11.0 Å². The maximum Gasteiger partial charge on any atom is 0.417 e. The Morgan fingerprint density at radius 2 is 2.06 bits per heavy atom. The number of nitriles is 1. The maximum atomic E-state index is 13.9. The van der Waals surface area contributed by atoms with E-state index in [1.54, 1.807) is 25.1 Å². The van der Waals surface area contributed by atoms with E-state index in [1.807, 2.05) is 0 Å². The smallest absolute Gasteiger partial charge is 0.278 e. The fraction of sp³-hybridized carbons (Fsp3) is 0.348. The van der Waals surface area contributed by atoms with Crippen LogP contribution in [0.1, 0.15) is 59.5 Å². The number of aromatic nitrogens is 1. The summed E-state index contributed by atoms with van der Waals surface area (Å²) in [6.45, 7) is 6.90. The Hall–Kier alpha value is -3.41. The lowest BCUT2D eigenvalue weighted by molar-refractivity contribution is -0.137. The van der Waals surface area contributed by atoms with Gasteiger partial charge in [-0.3, -0.25) is 15.2 Å². The van der Waals surface area contributed by atoms with E-state index in [1.165, 1.54) is 24.1 Å². The number of carbonyl (C=O) groups excluding carboxylic acids is 1. The van der Waals surface area contributed by atoms with E-state index in [2.05, 4.69) is 17.0 Å². The van der Waals surface area contributed by atoms with Gasteiger partial charge < -0.3 is 0 Å². The Morgan fingerprint density at radius 3 is 2.69 bits per heavy atom. The zero-order chi connectivity index (χ0) is 23.6. The van der Waals surface area contributed by atoms with Gasteiger partial charge in [0.05, 0.1) is 11.5 Å². The number of hydrogen-bond acceptors (Lipinski definition) is 4. The van der Waals surface area contributed by atoms with Crippen molar-refractivity contribution in [2.45, 2.75) is 44.7 Å². The highest BCUT2D eigenvalue weighted by molar-refractivity contribution is 5.85. The zero-order valence-corrected chi connectivity index (χ0v) is 17.6. The number of nitrogens with zero attached hydrogens (tertiary/aromatic N) is 3. The lowest BCUT2D eigenvalue weighted by Gasteiger charge is -2.33. The molecular formula is C23H22F4N4O. The molecule has 0 fully saturated rings. The number of pyridine rings is 1. The number of benzene rings is 1. The van der Waals surface area contributed by atoms with Crippen LogP contribution in [0.3, 0.4) is 0 Å². The number of allylic oxidation sites excluding steroid dienone is 1. The summed E-state index contributed by atoms with van der Waals surface area (Å²) >= 11 is 0. The second-order valence-electron chi connectivity index (χ2n) is 7.75. The quantitative estimate of drug-likeness (QED) is 0.502. The molecule has 2 atom stereocenters. The van der Waals surface area contributed by atoms with Crippen molar-refractivity contribution in [1.29, 1.82) is 5.26 Å². The van der Waals surface area contributed by atoms with Crippen LogP contribution in [0.2, 0.25) is 0 Å². The first-order valence-corrected chi connectivity index (χ1v) is 10.0. The van der Waals surface area contributed by atoms with Crippen molar-refractivity contribution < 1.29 is 22.4 Å². The van der Waals surface area contributed by atoms with Crippen molar-refractivity contribution in [2.24, 2.45) is 0 Å². The van der Waals surface area contributed by atoms with Crippen molar-refractivity contribution in [1.82, 2.24) is 9.99 Å². The van der Waals surface area contributed by atoms with Gasteiger partial charge in [0.1, 0.15) is 17.4 Å². The fourth-order valence-electron chi connectivity index (χ4n) is 3.99. The van der Waals surface area contributed by atoms with Gasteiger partial charge in [-0.1, -0.05) is 12.1 Å². The summed E-state index contributed by atoms with van der Waals surface area (Å²) in [6, 6.07) is 6.60. The van der Waals surface area contributed by atoms with E-state index in [9.17, 15) is 27.6 Å². The predicted molar refractivity (Wildman–Crippen MR) is 111 cm³/mol. The molecule has 3 rings (SSSR count). The monoisotopic (exact) mass is 446 g/mol. The van der Waals surface area contributed by atoms with Crippen LogP contribution in [-0.4, -0.2) is 22.4 Å². The molecule has 1 aromatic carbocycles. The Bertz CT molecular complexity index is 1090. The third kappa shape index (κ3) is 4.59. The number of alkyl halides is 3. The molecule has 0 bridgehead atoms. The molecule has 0 aliphatic carbocycles. The topological polar surface area (TPSA) is 69.0 Å². The molecular weight excluding hydrogens is 424 g/mol. The number of rotatable bonds is 4. The van der Waals surface area contributed by atoms with E-state index in [0.29, 0.717) is 18.4 Å². The molecule has 1 aliphatic heterocycles. The molecule has 2 heterocycles. The van der Waals surface area contributed by atoms with Crippen LogP contribution < -0.4 is 5.43 Å². The van der Waals surface area contributed by atoms with Gasteiger partial charge in [0.25, 0.3) is 0 Å². The summed E-state index contributed by atoms with van der Waals surface area (Å²) in [5.41, 5.74) is 2.27. The predicted octanol–water partition coefficient (Wildman–Crippen LogP) is 5.44. The Balaban J connectivity index is 2.03. The van der Waals surface area contributed by atoms with Gasteiger partial charge in [0.2, 0.25) is 5.91 Å². The number of carbonyl (C=O) groups is 1. The number of amides is 1. The van der Waals surface area contributed by atoms with E-state index < -0.39 is 34.9 Å². The average Bonchev–Trinajstić information content (AvgIpc) is 2.73. The molecule has 0 unspecified atom stereocenters. The van der Waals surface area contributed by atoms with Crippen molar-refractivity contribution in [2.75, 3.05) is 12.0 Å². The summed E-state index contributed by atoms with van der Waals surface area (Å²) in [6.07, 6.45) is -2.10. The zero-order valence-electron chi connectivity index (χ0n) is 17.6. The molecule has 0 spiro atoms. The number of fused-ring (bicyclic) bond motifs is 1. The first-order valence-electron chi connectivity index (χ1n) is 10.0. The van der Waals surface area contributed by atoms with Gasteiger partial charge in [0, 0.05) is 12.2 Å². The van der Waals surface area contributed by atoms with E-state index in [4.69, 9.17) is 0 Å². The van der Waals surface area contributed by atoms with Crippen molar-refractivity contribution >= 4 is 11.7 Å². The van der Waals surface area contributed by atoms with Gasteiger partial charge in [-0.2, -0.15) is 18.4 Å². The highest BCUT2D eigenvalue weighted by Crippen LogP contribution is 2.37. The third-order valence-electron chi connectivity index (χ3n) is 5.55. The Labute approximate surface area is 183 Å². The fourth-order valence-corrected chi connectivity index (χ4v) is 3.99. The van der Waals surface area contributed by atoms with Crippen LogP contribution in [0.15, 0.2) is 36.9 Å². The van der Waals surface area contributed by atoms with Gasteiger partial charge in [-0.05, 0) is 61.9 Å². The van der Waals surface area contributed by atoms with Crippen molar-refractivity contribution in [3.63, 3.8) is 0 Å². The number of hydrazine groups is 1. The van der Waals surface area contributed by atoms with Crippen LogP contribution >= 0.6 is 0 Å². The third-order valence-corrected chi connectivity index (χ3v) is 5.55. The number of hydrogen-bond donors (Lipinski definition) is 1. The minimum Gasteiger partial charge on any atom is -0.278 e. The lowest BCUT2D eigenvalue weighted by Crippen LogP contribution is -2.42. The summed E-state index contributed by atoms with van der Waals surface area (Å²) in [7, 11) is 0. The summed E-state index contributed by atoms with van der Waals surface area (Å²) in [4.78, 5) is 17.2. The molecule has 1 aliphatic rings. The van der Waals surface area contributed by atoms with E-state index in [-0.39, 0.29) is 24.0 Å². The molecule has 0 saturated carbocycles. The van der Waals surface area contributed by atoms with E-state index in [0.717, 1.165) is 11.6 Å². The van der Waals surface area contributed by atoms with Gasteiger partial charge >= 0.3 is 6.18 Å². The maximum absolute atomic E-state index is 13.9. The molecule has 1 N–H and O–H groups in total. The molecule has 0 saturated heterocycles. The molecule has 9 heteroatoms. The number of aryl methyl sites for hydroxylation is 1. The number of halogens is 4. The minimum absolute atomic E-state index is 0.0525.